The first-order valence-corrected chi connectivity index (χ1v) is 11.9. The first-order chi connectivity index (χ1) is 15.6. The number of halogens is 1. The van der Waals surface area contributed by atoms with Crippen molar-refractivity contribution >= 4 is 29.7 Å². The maximum atomic E-state index is 12.2. The Hall–Kier alpha value is -2.66. The third-order valence-corrected chi connectivity index (χ3v) is 5.42. The number of carbonyl (C=O) groups is 2. The number of carbonyl (C=O) groups excluding carboxylic acids is 2. The van der Waals surface area contributed by atoms with Gasteiger partial charge in [-0.2, -0.15) is 5.10 Å². The summed E-state index contributed by atoms with van der Waals surface area (Å²) in [5, 5.41) is 4.35. The highest BCUT2D eigenvalue weighted by Gasteiger charge is 2.11. The number of unbranched alkanes of at least 4 members (excludes halogenated alkanes) is 8. The molecule has 0 aromatic heterocycles. The third kappa shape index (κ3) is 10.1. The van der Waals surface area contributed by atoms with Gasteiger partial charge in [-0.15, -0.1) is 0 Å². The van der Waals surface area contributed by atoms with Crippen LogP contribution in [0, 0.1) is 0 Å². The van der Waals surface area contributed by atoms with Crippen LogP contribution in [0.5, 0.6) is 5.75 Å². The van der Waals surface area contributed by atoms with Gasteiger partial charge in [-0.05, 0) is 48.4 Å². The molecule has 0 fully saturated rings. The number of ether oxygens (including phenoxy) is 1. The lowest BCUT2D eigenvalue weighted by atomic mass is 10.1. The van der Waals surface area contributed by atoms with Gasteiger partial charge in [-0.3, -0.25) is 4.79 Å². The van der Waals surface area contributed by atoms with Crippen molar-refractivity contribution in [2.75, 3.05) is 0 Å². The Morgan fingerprint density at radius 3 is 2.19 bits per heavy atom. The summed E-state index contributed by atoms with van der Waals surface area (Å²) in [7, 11) is 0. The summed E-state index contributed by atoms with van der Waals surface area (Å²) < 4.78 is 5.34. The fraction of sp³-hybridized carbons (Fsp3) is 0.423. The first kappa shape index (κ1) is 25.6. The number of nitrogens with one attached hydrogen (secondary N) is 1. The van der Waals surface area contributed by atoms with Gasteiger partial charge in [-0.25, -0.2) is 10.2 Å². The molecule has 0 heterocycles. The zero-order chi connectivity index (χ0) is 23.0. The summed E-state index contributed by atoms with van der Waals surface area (Å²) in [6.45, 7) is 2.23. The molecule has 2 rings (SSSR count). The number of amides is 1. The van der Waals surface area contributed by atoms with Gasteiger partial charge in [0.1, 0.15) is 5.75 Å². The summed E-state index contributed by atoms with van der Waals surface area (Å²) in [5.74, 6) is -0.184. The molecule has 1 amide bonds. The van der Waals surface area contributed by atoms with E-state index >= 15 is 0 Å². The molecule has 0 unspecified atom stereocenters. The Balaban J connectivity index is 1.63. The highest BCUT2D eigenvalue weighted by Crippen LogP contribution is 2.19. The molecule has 0 saturated carbocycles. The highest BCUT2D eigenvalue weighted by atomic mass is 35.5. The van der Waals surface area contributed by atoms with Crippen molar-refractivity contribution in [1.29, 1.82) is 0 Å². The summed E-state index contributed by atoms with van der Waals surface area (Å²) in [6, 6.07) is 13.6. The second-order valence-electron chi connectivity index (χ2n) is 7.81. The largest absolute Gasteiger partial charge is 0.423 e. The quantitative estimate of drug-likeness (QED) is 0.110. The molecule has 0 spiro atoms. The predicted octanol–water partition coefficient (Wildman–Crippen LogP) is 6.93. The molecule has 5 nitrogen and oxygen atoms in total. The van der Waals surface area contributed by atoms with Crippen molar-refractivity contribution in [3.8, 4) is 5.75 Å². The van der Waals surface area contributed by atoms with Crippen LogP contribution in [0.3, 0.4) is 0 Å². The molecule has 0 aliphatic heterocycles. The van der Waals surface area contributed by atoms with Crippen molar-refractivity contribution < 1.29 is 14.3 Å². The van der Waals surface area contributed by atoms with E-state index in [-0.39, 0.29) is 5.91 Å². The lowest BCUT2D eigenvalue weighted by Gasteiger charge is -2.06. The number of hydrogen-bond donors (Lipinski definition) is 1. The summed E-state index contributed by atoms with van der Waals surface area (Å²) >= 11 is 6.02. The van der Waals surface area contributed by atoms with Gasteiger partial charge in [-0.1, -0.05) is 82.0 Å². The molecule has 2 aromatic carbocycles. The molecule has 172 valence electrons. The van der Waals surface area contributed by atoms with Crippen LogP contribution in [0.15, 0.2) is 53.6 Å². The van der Waals surface area contributed by atoms with E-state index in [0.29, 0.717) is 22.8 Å². The number of hydrogen-bond acceptors (Lipinski definition) is 4. The van der Waals surface area contributed by atoms with E-state index < -0.39 is 5.97 Å². The van der Waals surface area contributed by atoms with Crippen LogP contribution in [0.4, 0.5) is 0 Å². The Labute approximate surface area is 196 Å². The van der Waals surface area contributed by atoms with Crippen LogP contribution >= 0.6 is 11.6 Å². The van der Waals surface area contributed by atoms with E-state index in [0.717, 1.165) is 18.4 Å². The van der Waals surface area contributed by atoms with Gasteiger partial charge in [0.2, 0.25) is 5.91 Å². The topological polar surface area (TPSA) is 67.8 Å². The standard InChI is InChI=1S/C26H33ClN2O3/c1-2-3-4-5-6-7-8-9-10-15-25(30)29-28-20-21-16-18-22(19-17-21)32-26(31)23-13-11-12-14-24(23)27/h11-14,16-20H,2-10,15H2,1H3,(H,29,30). The van der Waals surface area contributed by atoms with Gasteiger partial charge in [0.05, 0.1) is 16.8 Å². The normalized spacial score (nSPS) is 10.9. The first-order valence-electron chi connectivity index (χ1n) is 11.5. The van der Waals surface area contributed by atoms with E-state index in [1.807, 2.05) is 0 Å². The van der Waals surface area contributed by atoms with Gasteiger partial charge < -0.3 is 4.74 Å². The maximum absolute atomic E-state index is 12.2. The molecule has 0 atom stereocenters. The van der Waals surface area contributed by atoms with Crippen molar-refractivity contribution in [1.82, 2.24) is 5.43 Å². The number of rotatable bonds is 14. The summed E-state index contributed by atoms with van der Waals surface area (Å²) in [6.07, 6.45) is 13.1. The fourth-order valence-corrected chi connectivity index (χ4v) is 3.45. The molecule has 32 heavy (non-hydrogen) atoms. The Bertz CT molecular complexity index is 866. The van der Waals surface area contributed by atoms with Crippen LogP contribution in [0.25, 0.3) is 0 Å². The monoisotopic (exact) mass is 456 g/mol. The Morgan fingerprint density at radius 2 is 1.53 bits per heavy atom. The number of benzene rings is 2. The van der Waals surface area contributed by atoms with E-state index in [9.17, 15) is 9.59 Å². The molecular weight excluding hydrogens is 424 g/mol. The van der Waals surface area contributed by atoms with Crippen LogP contribution in [0.1, 0.15) is 87.1 Å². The predicted molar refractivity (Wildman–Crippen MR) is 130 cm³/mol. The number of nitrogens with zero attached hydrogens (tertiary/aromatic N) is 1. The minimum atomic E-state index is -0.513. The van der Waals surface area contributed by atoms with Crippen LogP contribution < -0.4 is 10.2 Å². The van der Waals surface area contributed by atoms with Crippen LogP contribution in [0.2, 0.25) is 5.02 Å². The second kappa shape index (κ2) is 15.2. The zero-order valence-corrected chi connectivity index (χ0v) is 19.6. The Kier molecular flexibility index (Phi) is 12.2. The zero-order valence-electron chi connectivity index (χ0n) is 18.8. The van der Waals surface area contributed by atoms with Crippen molar-refractivity contribution in [2.24, 2.45) is 5.10 Å². The van der Waals surface area contributed by atoms with Gasteiger partial charge in [0.25, 0.3) is 0 Å². The van der Waals surface area contributed by atoms with Crippen molar-refractivity contribution in [2.45, 2.75) is 71.1 Å². The summed E-state index contributed by atoms with van der Waals surface area (Å²) in [5.41, 5.74) is 3.66. The molecule has 1 N–H and O–H groups in total. The minimum absolute atomic E-state index is 0.0746. The average molecular weight is 457 g/mol. The lowest BCUT2D eigenvalue weighted by Crippen LogP contribution is -2.16. The van der Waals surface area contributed by atoms with Gasteiger partial charge in [0.15, 0.2) is 0 Å². The molecule has 0 bridgehead atoms. The smallest absolute Gasteiger partial charge is 0.345 e. The Morgan fingerprint density at radius 1 is 0.906 bits per heavy atom. The van der Waals surface area contributed by atoms with E-state index in [2.05, 4.69) is 17.5 Å². The molecule has 0 aliphatic rings. The molecule has 0 aliphatic carbocycles. The molecular formula is C26H33ClN2O3. The van der Waals surface area contributed by atoms with Crippen molar-refractivity contribution in [3.63, 3.8) is 0 Å². The average Bonchev–Trinajstić information content (AvgIpc) is 2.79. The maximum Gasteiger partial charge on any atom is 0.345 e. The highest BCUT2D eigenvalue weighted by molar-refractivity contribution is 6.33. The number of hydrazone groups is 1. The van der Waals surface area contributed by atoms with E-state index in [1.165, 1.54) is 44.9 Å². The van der Waals surface area contributed by atoms with Crippen molar-refractivity contribution in [3.05, 3.63) is 64.7 Å². The molecule has 0 saturated heterocycles. The minimum Gasteiger partial charge on any atom is -0.423 e. The second-order valence-corrected chi connectivity index (χ2v) is 8.22. The van der Waals surface area contributed by atoms with Crippen LogP contribution in [-0.2, 0) is 4.79 Å². The number of esters is 1. The summed E-state index contributed by atoms with van der Waals surface area (Å²) in [4.78, 5) is 24.1. The molecule has 2 aromatic rings. The van der Waals surface area contributed by atoms with Crippen LogP contribution in [-0.4, -0.2) is 18.1 Å². The SMILES string of the molecule is CCCCCCCCCCCC(=O)NN=Cc1ccc(OC(=O)c2ccccc2Cl)cc1. The molecule has 6 heteroatoms. The van der Waals surface area contributed by atoms with E-state index in [1.54, 1.807) is 54.7 Å². The van der Waals surface area contributed by atoms with Gasteiger partial charge in [0, 0.05) is 6.42 Å². The molecule has 0 radical (unpaired) electrons. The van der Waals surface area contributed by atoms with Gasteiger partial charge >= 0.3 is 5.97 Å². The van der Waals surface area contributed by atoms with E-state index in [4.69, 9.17) is 16.3 Å². The third-order valence-electron chi connectivity index (χ3n) is 5.09. The lowest BCUT2D eigenvalue weighted by molar-refractivity contribution is -0.121. The fourth-order valence-electron chi connectivity index (χ4n) is 3.24.